The maximum Gasteiger partial charge on any atom is 0.135 e. The highest BCUT2D eigenvalue weighted by Gasteiger charge is 2.14. The van der Waals surface area contributed by atoms with Gasteiger partial charge in [0.05, 0.1) is 0 Å². The summed E-state index contributed by atoms with van der Waals surface area (Å²) in [5.41, 5.74) is 1.11. The zero-order chi connectivity index (χ0) is 15.8. The molecule has 0 radical (unpaired) electrons. The number of nitrogens with zero attached hydrogens (tertiary/aromatic N) is 2. The van der Waals surface area contributed by atoms with Crippen molar-refractivity contribution in [3.8, 4) is 0 Å². The summed E-state index contributed by atoms with van der Waals surface area (Å²) in [5, 5.41) is 6.97. The van der Waals surface area contributed by atoms with Crippen LogP contribution in [-0.4, -0.2) is 34.6 Å². The zero-order valence-electron chi connectivity index (χ0n) is 14.3. The highest BCUT2D eigenvalue weighted by atomic mass is 32.2. The molecule has 1 aromatic heterocycles. The quantitative estimate of drug-likeness (QED) is 0.713. The predicted octanol–water partition coefficient (Wildman–Crippen LogP) is 4.28. The van der Waals surface area contributed by atoms with Crippen LogP contribution in [0.25, 0.3) is 0 Å². The van der Waals surface area contributed by atoms with Crippen molar-refractivity contribution in [3.63, 3.8) is 0 Å². The van der Waals surface area contributed by atoms with Crippen LogP contribution >= 0.6 is 11.8 Å². The molecule has 0 saturated heterocycles. The van der Waals surface area contributed by atoms with Crippen LogP contribution in [0.2, 0.25) is 0 Å². The molecule has 0 aliphatic rings. The molecule has 0 bridgehead atoms. The van der Waals surface area contributed by atoms with Gasteiger partial charge in [0.15, 0.2) is 0 Å². The average Bonchev–Trinajstić information content (AvgIpc) is 2.45. The third-order valence-electron chi connectivity index (χ3n) is 3.36. The minimum atomic E-state index is 0.329. The Morgan fingerprint density at radius 1 is 1.14 bits per heavy atom. The first-order valence-electron chi connectivity index (χ1n) is 7.87. The van der Waals surface area contributed by atoms with Gasteiger partial charge in [-0.05, 0) is 38.7 Å². The largest absolute Gasteiger partial charge is 0.370 e. The zero-order valence-corrected chi connectivity index (χ0v) is 15.1. The molecule has 1 unspecified atom stereocenters. The second-order valence-corrected chi connectivity index (χ2v) is 6.80. The van der Waals surface area contributed by atoms with E-state index in [-0.39, 0.29) is 0 Å². The van der Waals surface area contributed by atoms with E-state index in [1.54, 1.807) is 0 Å². The van der Waals surface area contributed by atoms with E-state index in [0.717, 1.165) is 48.2 Å². The summed E-state index contributed by atoms with van der Waals surface area (Å²) in [6, 6.07) is 0.421. The van der Waals surface area contributed by atoms with Crippen LogP contribution in [0.5, 0.6) is 0 Å². The van der Waals surface area contributed by atoms with Gasteiger partial charge in [0.25, 0.3) is 0 Å². The smallest absolute Gasteiger partial charge is 0.135 e. The Labute approximate surface area is 133 Å². The molecule has 21 heavy (non-hydrogen) atoms. The molecule has 0 aliphatic carbocycles. The Morgan fingerprint density at radius 2 is 1.81 bits per heavy atom. The second-order valence-electron chi connectivity index (χ2n) is 5.81. The van der Waals surface area contributed by atoms with Gasteiger partial charge in [-0.1, -0.05) is 20.8 Å². The summed E-state index contributed by atoms with van der Waals surface area (Å²) in [6.07, 6.45) is 4.37. The Morgan fingerprint density at radius 3 is 2.38 bits per heavy atom. The number of thioether (sulfide) groups is 1. The molecule has 1 aromatic rings. The Hall–Kier alpha value is -0.970. The lowest BCUT2D eigenvalue weighted by molar-refractivity contribution is 0.742. The van der Waals surface area contributed by atoms with Crippen molar-refractivity contribution in [3.05, 3.63) is 11.4 Å². The van der Waals surface area contributed by atoms with Crippen LogP contribution in [-0.2, 0) is 0 Å². The number of rotatable bonds is 9. The molecule has 0 saturated carbocycles. The molecule has 4 nitrogen and oxygen atoms in total. The summed E-state index contributed by atoms with van der Waals surface area (Å²) in [6.45, 7) is 11.7. The highest BCUT2D eigenvalue weighted by molar-refractivity contribution is 7.98. The molecule has 1 rings (SSSR count). The fourth-order valence-corrected chi connectivity index (χ4v) is 2.54. The van der Waals surface area contributed by atoms with Crippen molar-refractivity contribution < 1.29 is 0 Å². The van der Waals surface area contributed by atoms with Gasteiger partial charge in [-0.2, -0.15) is 11.8 Å². The van der Waals surface area contributed by atoms with E-state index in [4.69, 9.17) is 4.98 Å². The molecule has 1 atom stereocenters. The first-order chi connectivity index (χ1) is 9.99. The van der Waals surface area contributed by atoms with Crippen molar-refractivity contribution in [2.75, 3.05) is 29.2 Å². The monoisotopic (exact) mass is 310 g/mol. The van der Waals surface area contributed by atoms with E-state index in [1.807, 2.05) is 11.8 Å². The molecule has 0 aromatic carbocycles. The van der Waals surface area contributed by atoms with Crippen LogP contribution in [0.4, 0.5) is 11.6 Å². The van der Waals surface area contributed by atoms with Gasteiger partial charge in [0, 0.05) is 24.1 Å². The number of anilines is 2. The number of hydrogen-bond donors (Lipinski definition) is 2. The topological polar surface area (TPSA) is 49.8 Å². The molecular weight excluding hydrogens is 280 g/mol. The molecule has 0 amide bonds. The molecule has 0 aliphatic heterocycles. The number of aromatic nitrogens is 2. The Bertz CT molecular complexity index is 435. The Balaban J connectivity index is 2.96. The van der Waals surface area contributed by atoms with Crippen molar-refractivity contribution in [1.82, 2.24) is 9.97 Å². The summed E-state index contributed by atoms with van der Waals surface area (Å²) in [4.78, 5) is 9.39. The average molecular weight is 311 g/mol. The fourth-order valence-electron chi connectivity index (χ4n) is 1.95. The first-order valence-corrected chi connectivity index (χ1v) is 9.26. The predicted molar refractivity (Wildman–Crippen MR) is 95.7 cm³/mol. The summed E-state index contributed by atoms with van der Waals surface area (Å²) in [7, 11) is 0. The summed E-state index contributed by atoms with van der Waals surface area (Å²) in [5.74, 6) is 4.33. The molecule has 5 heteroatoms. The minimum absolute atomic E-state index is 0.329. The summed E-state index contributed by atoms with van der Waals surface area (Å²) < 4.78 is 0. The fraction of sp³-hybridized carbons (Fsp3) is 0.750. The third-order valence-corrected chi connectivity index (χ3v) is 4.00. The molecule has 2 N–H and O–H groups in total. The number of hydrogen-bond acceptors (Lipinski definition) is 5. The first kappa shape index (κ1) is 18.1. The lowest BCUT2D eigenvalue weighted by Crippen LogP contribution is -2.20. The van der Waals surface area contributed by atoms with E-state index < -0.39 is 0 Å². The van der Waals surface area contributed by atoms with Crippen LogP contribution in [0.1, 0.15) is 57.8 Å². The van der Waals surface area contributed by atoms with Crippen molar-refractivity contribution in [2.45, 2.75) is 59.4 Å². The maximum atomic E-state index is 4.72. The lowest BCUT2D eigenvalue weighted by atomic mass is 10.2. The molecule has 0 fully saturated rings. The maximum absolute atomic E-state index is 4.72. The van der Waals surface area contributed by atoms with E-state index >= 15 is 0 Å². The van der Waals surface area contributed by atoms with Gasteiger partial charge < -0.3 is 10.6 Å². The number of nitrogens with one attached hydrogen (secondary N) is 2. The van der Waals surface area contributed by atoms with Crippen molar-refractivity contribution in [2.24, 2.45) is 0 Å². The van der Waals surface area contributed by atoms with Gasteiger partial charge in [-0.15, -0.1) is 0 Å². The van der Waals surface area contributed by atoms with E-state index in [9.17, 15) is 0 Å². The normalized spacial score (nSPS) is 12.5. The van der Waals surface area contributed by atoms with E-state index in [1.165, 1.54) is 0 Å². The second kappa shape index (κ2) is 9.13. The Kier molecular flexibility index (Phi) is 7.86. The van der Waals surface area contributed by atoms with Gasteiger partial charge in [0.2, 0.25) is 0 Å². The molecule has 0 spiro atoms. The van der Waals surface area contributed by atoms with Crippen molar-refractivity contribution in [1.29, 1.82) is 0 Å². The van der Waals surface area contributed by atoms with E-state index in [2.05, 4.69) is 56.5 Å². The van der Waals surface area contributed by atoms with Gasteiger partial charge in [0.1, 0.15) is 17.5 Å². The van der Waals surface area contributed by atoms with Gasteiger partial charge in [-0.3, -0.25) is 0 Å². The molecule has 1 heterocycles. The minimum Gasteiger partial charge on any atom is -0.370 e. The summed E-state index contributed by atoms with van der Waals surface area (Å²) >= 11 is 1.88. The van der Waals surface area contributed by atoms with Gasteiger partial charge >= 0.3 is 0 Å². The van der Waals surface area contributed by atoms with Crippen LogP contribution < -0.4 is 10.6 Å². The molecule has 120 valence electrons. The van der Waals surface area contributed by atoms with E-state index in [0.29, 0.717) is 12.0 Å². The van der Waals surface area contributed by atoms with Crippen LogP contribution in [0.15, 0.2) is 0 Å². The van der Waals surface area contributed by atoms with Gasteiger partial charge in [-0.25, -0.2) is 9.97 Å². The molecular formula is C16H30N4S. The van der Waals surface area contributed by atoms with Crippen molar-refractivity contribution >= 4 is 23.4 Å². The van der Waals surface area contributed by atoms with Crippen LogP contribution in [0.3, 0.4) is 0 Å². The SMILES string of the molecule is CCCNc1nc(C(C)C)nc(NC(C)CCSC)c1C. The third kappa shape index (κ3) is 5.73. The van der Waals surface area contributed by atoms with Crippen LogP contribution in [0, 0.1) is 6.92 Å². The lowest BCUT2D eigenvalue weighted by Gasteiger charge is -2.19. The highest BCUT2D eigenvalue weighted by Crippen LogP contribution is 2.24. The standard InChI is InChI=1S/C16H30N4S/c1-7-9-17-15-13(5)16(18-12(4)8-10-21-6)20-14(19-15)11(2)3/h11-12H,7-10H2,1-6H3,(H2,17,18,19,20).